The predicted octanol–water partition coefficient (Wildman–Crippen LogP) is 2.35. The van der Waals surface area contributed by atoms with E-state index in [0.717, 1.165) is 19.4 Å². The molecule has 6 nitrogen and oxygen atoms in total. The Hall–Kier alpha value is -2.24. The lowest BCUT2D eigenvalue weighted by Gasteiger charge is -2.31. The molecule has 1 aliphatic heterocycles. The van der Waals surface area contributed by atoms with Gasteiger partial charge in [0.15, 0.2) is 0 Å². The van der Waals surface area contributed by atoms with Gasteiger partial charge in [-0.25, -0.2) is 9.59 Å². The van der Waals surface area contributed by atoms with E-state index in [9.17, 15) is 9.59 Å². The largest absolute Gasteiger partial charge is 0.492 e. The molecule has 0 spiro atoms. The standard InChI is InChI=1S/C16H22N2O4/c1-16(2)8-3-10-18(16)15(21)17-9-11-22-13-6-4-12(5-7-13)14(19)20/h4-7H,3,8-11H2,1-2H3,(H,17,21)(H,19,20). The van der Waals surface area contributed by atoms with Crippen molar-refractivity contribution in [2.24, 2.45) is 0 Å². The normalized spacial score (nSPS) is 16.4. The van der Waals surface area contributed by atoms with Crippen LogP contribution in [0.25, 0.3) is 0 Å². The fourth-order valence-corrected chi connectivity index (χ4v) is 2.60. The summed E-state index contributed by atoms with van der Waals surface area (Å²) in [6, 6.07) is 6.13. The molecule has 2 amide bonds. The average Bonchev–Trinajstić information content (AvgIpc) is 2.83. The zero-order valence-corrected chi connectivity index (χ0v) is 13.0. The number of hydrogen-bond acceptors (Lipinski definition) is 3. The molecule has 1 saturated heterocycles. The quantitative estimate of drug-likeness (QED) is 0.818. The Kier molecular flexibility index (Phi) is 4.90. The minimum Gasteiger partial charge on any atom is -0.492 e. The summed E-state index contributed by atoms with van der Waals surface area (Å²) in [5.41, 5.74) is 0.134. The van der Waals surface area contributed by atoms with Crippen LogP contribution >= 0.6 is 0 Å². The summed E-state index contributed by atoms with van der Waals surface area (Å²) >= 11 is 0. The molecule has 2 N–H and O–H groups in total. The molecule has 1 heterocycles. The number of carbonyl (C=O) groups excluding carboxylic acids is 1. The summed E-state index contributed by atoms with van der Waals surface area (Å²) in [4.78, 5) is 24.7. The molecule has 0 aromatic heterocycles. The third-order valence-electron chi connectivity index (χ3n) is 3.89. The number of urea groups is 1. The number of aromatic carboxylic acids is 1. The van der Waals surface area contributed by atoms with E-state index in [1.54, 1.807) is 12.1 Å². The van der Waals surface area contributed by atoms with Crippen molar-refractivity contribution in [2.75, 3.05) is 19.7 Å². The van der Waals surface area contributed by atoms with Gasteiger partial charge in [0.2, 0.25) is 0 Å². The summed E-state index contributed by atoms with van der Waals surface area (Å²) in [5, 5.41) is 11.7. The Morgan fingerprint density at radius 1 is 1.32 bits per heavy atom. The monoisotopic (exact) mass is 306 g/mol. The molecular formula is C16H22N2O4. The van der Waals surface area contributed by atoms with Gasteiger partial charge in [0.05, 0.1) is 12.1 Å². The van der Waals surface area contributed by atoms with Gasteiger partial charge in [-0.3, -0.25) is 0 Å². The highest BCUT2D eigenvalue weighted by atomic mass is 16.5. The van der Waals surface area contributed by atoms with Gasteiger partial charge in [-0.15, -0.1) is 0 Å². The number of carboxylic acid groups (broad SMARTS) is 1. The molecule has 0 unspecified atom stereocenters. The summed E-state index contributed by atoms with van der Waals surface area (Å²) in [5.74, 6) is -0.382. The predicted molar refractivity (Wildman–Crippen MR) is 82.3 cm³/mol. The first kappa shape index (κ1) is 16.1. The second-order valence-corrected chi connectivity index (χ2v) is 5.98. The van der Waals surface area contributed by atoms with E-state index in [0.29, 0.717) is 18.9 Å². The van der Waals surface area contributed by atoms with Crippen molar-refractivity contribution in [2.45, 2.75) is 32.2 Å². The summed E-state index contributed by atoms with van der Waals surface area (Å²) in [6.45, 7) is 5.68. The maximum atomic E-state index is 12.1. The molecule has 1 fully saturated rings. The molecule has 0 bridgehead atoms. The lowest BCUT2D eigenvalue weighted by molar-refractivity contribution is 0.0696. The van der Waals surface area contributed by atoms with Crippen LogP contribution in [0.1, 0.15) is 37.0 Å². The van der Waals surface area contributed by atoms with Crippen LogP contribution in [0.15, 0.2) is 24.3 Å². The molecule has 22 heavy (non-hydrogen) atoms. The van der Waals surface area contributed by atoms with Crippen LogP contribution < -0.4 is 10.1 Å². The van der Waals surface area contributed by atoms with E-state index in [-0.39, 0.29) is 17.1 Å². The molecular weight excluding hydrogens is 284 g/mol. The van der Waals surface area contributed by atoms with E-state index >= 15 is 0 Å². The molecule has 0 radical (unpaired) electrons. The Labute approximate surface area is 130 Å². The summed E-state index contributed by atoms with van der Waals surface area (Å²) in [7, 11) is 0. The summed E-state index contributed by atoms with van der Waals surface area (Å²) < 4.78 is 5.48. The van der Waals surface area contributed by atoms with Crippen molar-refractivity contribution in [3.05, 3.63) is 29.8 Å². The number of likely N-dealkylation sites (tertiary alicyclic amines) is 1. The van der Waals surface area contributed by atoms with Crippen molar-refractivity contribution in [3.8, 4) is 5.75 Å². The van der Waals surface area contributed by atoms with Crippen LogP contribution in [0.2, 0.25) is 0 Å². The number of amides is 2. The third kappa shape index (κ3) is 3.90. The zero-order valence-electron chi connectivity index (χ0n) is 13.0. The Morgan fingerprint density at radius 3 is 2.55 bits per heavy atom. The van der Waals surface area contributed by atoms with E-state index < -0.39 is 5.97 Å². The van der Waals surface area contributed by atoms with Gasteiger partial charge < -0.3 is 20.1 Å². The number of carboxylic acids is 1. The van der Waals surface area contributed by atoms with Crippen LogP contribution in [0, 0.1) is 0 Å². The fraction of sp³-hybridized carbons (Fsp3) is 0.500. The summed E-state index contributed by atoms with van der Waals surface area (Å²) in [6.07, 6.45) is 2.06. The van der Waals surface area contributed by atoms with Crippen molar-refractivity contribution >= 4 is 12.0 Å². The second kappa shape index (κ2) is 6.68. The van der Waals surface area contributed by atoms with Crippen LogP contribution in [0.5, 0.6) is 5.75 Å². The van der Waals surface area contributed by atoms with E-state index in [2.05, 4.69) is 19.2 Å². The van der Waals surface area contributed by atoms with Gasteiger partial charge in [0.25, 0.3) is 0 Å². The van der Waals surface area contributed by atoms with E-state index in [1.165, 1.54) is 12.1 Å². The number of nitrogens with one attached hydrogen (secondary N) is 1. The highest BCUT2D eigenvalue weighted by molar-refractivity contribution is 5.87. The molecule has 1 aromatic rings. The van der Waals surface area contributed by atoms with Crippen LogP contribution in [-0.4, -0.2) is 47.2 Å². The Morgan fingerprint density at radius 2 is 2.00 bits per heavy atom. The fourth-order valence-electron chi connectivity index (χ4n) is 2.60. The molecule has 1 aromatic carbocycles. The smallest absolute Gasteiger partial charge is 0.335 e. The number of benzene rings is 1. The average molecular weight is 306 g/mol. The molecule has 0 aliphatic carbocycles. The number of nitrogens with zero attached hydrogens (tertiary/aromatic N) is 1. The van der Waals surface area contributed by atoms with E-state index in [4.69, 9.17) is 9.84 Å². The molecule has 120 valence electrons. The first-order valence-electron chi connectivity index (χ1n) is 7.42. The van der Waals surface area contributed by atoms with Crippen molar-refractivity contribution in [1.82, 2.24) is 10.2 Å². The Balaban J connectivity index is 1.73. The number of hydrogen-bond donors (Lipinski definition) is 2. The number of rotatable bonds is 5. The van der Waals surface area contributed by atoms with Crippen LogP contribution in [0.3, 0.4) is 0 Å². The minimum atomic E-state index is -0.966. The lowest BCUT2D eigenvalue weighted by Crippen LogP contribution is -2.48. The lowest BCUT2D eigenvalue weighted by atomic mass is 10.0. The number of carbonyl (C=O) groups is 2. The number of ether oxygens (including phenoxy) is 1. The van der Waals surface area contributed by atoms with Crippen molar-refractivity contribution < 1.29 is 19.4 Å². The molecule has 6 heteroatoms. The van der Waals surface area contributed by atoms with E-state index in [1.807, 2.05) is 4.90 Å². The third-order valence-corrected chi connectivity index (χ3v) is 3.89. The second-order valence-electron chi connectivity index (χ2n) is 5.98. The van der Waals surface area contributed by atoms with Gasteiger partial charge in [-0.2, -0.15) is 0 Å². The van der Waals surface area contributed by atoms with Crippen LogP contribution in [0.4, 0.5) is 4.79 Å². The Bertz CT molecular complexity index is 540. The van der Waals surface area contributed by atoms with Crippen LogP contribution in [-0.2, 0) is 0 Å². The molecule has 0 saturated carbocycles. The van der Waals surface area contributed by atoms with Gasteiger partial charge in [-0.1, -0.05) is 0 Å². The maximum Gasteiger partial charge on any atom is 0.335 e. The molecule has 2 rings (SSSR count). The molecule has 0 atom stereocenters. The minimum absolute atomic E-state index is 0.0627. The SMILES string of the molecule is CC1(C)CCCN1C(=O)NCCOc1ccc(C(=O)O)cc1. The van der Waals surface area contributed by atoms with Gasteiger partial charge in [-0.05, 0) is 51.0 Å². The maximum absolute atomic E-state index is 12.1. The zero-order chi connectivity index (χ0) is 16.2. The molecule has 1 aliphatic rings. The highest BCUT2D eigenvalue weighted by Gasteiger charge is 2.35. The first-order valence-corrected chi connectivity index (χ1v) is 7.42. The van der Waals surface area contributed by atoms with Gasteiger partial charge >= 0.3 is 12.0 Å². The first-order chi connectivity index (χ1) is 10.4. The highest BCUT2D eigenvalue weighted by Crippen LogP contribution is 2.27. The topological polar surface area (TPSA) is 78.9 Å². The van der Waals surface area contributed by atoms with Gasteiger partial charge in [0, 0.05) is 12.1 Å². The van der Waals surface area contributed by atoms with Crippen molar-refractivity contribution in [1.29, 1.82) is 0 Å². The van der Waals surface area contributed by atoms with Crippen molar-refractivity contribution in [3.63, 3.8) is 0 Å². The van der Waals surface area contributed by atoms with Gasteiger partial charge in [0.1, 0.15) is 12.4 Å².